The number of hydrogen-bond donors (Lipinski definition) is 3. The average Bonchev–Trinajstić information content (AvgIpc) is 3.06. The number of nitrogens with two attached hydrogens (primary N) is 1. The smallest absolute Gasteiger partial charge is 0.263 e. The summed E-state index contributed by atoms with van der Waals surface area (Å²) >= 11 is 0. The number of nitrogens with one attached hydrogen (secondary N) is 2. The van der Waals surface area contributed by atoms with Crippen molar-refractivity contribution < 1.29 is 9.59 Å². The van der Waals surface area contributed by atoms with Crippen LogP contribution in [-0.2, 0) is 17.8 Å². The molecule has 3 aromatic rings. The van der Waals surface area contributed by atoms with Crippen molar-refractivity contribution in [2.75, 3.05) is 5.32 Å². The number of aromatic nitrogens is 2. The van der Waals surface area contributed by atoms with Crippen LogP contribution in [0.2, 0.25) is 0 Å². The van der Waals surface area contributed by atoms with E-state index >= 15 is 0 Å². The summed E-state index contributed by atoms with van der Waals surface area (Å²) in [5.74, 6) is -0.233. The van der Waals surface area contributed by atoms with E-state index in [1.807, 2.05) is 54.6 Å². The van der Waals surface area contributed by atoms with Gasteiger partial charge in [-0.3, -0.25) is 14.9 Å². The number of carbonyl (C=O) groups excluding carboxylic acids is 2. The summed E-state index contributed by atoms with van der Waals surface area (Å²) in [6.45, 7) is 4.20. The predicted octanol–water partition coefficient (Wildman–Crippen LogP) is 2.23. The third kappa shape index (κ3) is 3.25. The number of imide groups is 1. The number of rotatable bonds is 5. The number of benzene rings is 2. The van der Waals surface area contributed by atoms with E-state index in [0.29, 0.717) is 29.3 Å². The zero-order valence-electron chi connectivity index (χ0n) is 15.1. The summed E-state index contributed by atoms with van der Waals surface area (Å²) < 4.78 is 1.67. The first-order valence-electron chi connectivity index (χ1n) is 8.82. The van der Waals surface area contributed by atoms with Crippen LogP contribution in [0.5, 0.6) is 0 Å². The summed E-state index contributed by atoms with van der Waals surface area (Å²) in [6, 6.07) is 17.2. The molecule has 2 amide bonds. The Balaban J connectivity index is 1.69. The van der Waals surface area contributed by atoms with E-state index in [4.69, 9.17) is 5.73 Å². The fourth-order valence-corrected chi connectivity index (χ4v) is 3.15. The molecule has 0 saturated heterocycles. The SMILES string of the molecule is C=C(N)c1ccc(CNc2c3c(nn2-c2ccccc2)CC(=O)NC3=O)cc1. The van der Waals surface area contributed by atoms with Crippen LogP contribution in [-0.4, -0.2) is 21.6 Å². The minimum absolute atomic E-state index is 0.0723. The first-order valence-corrected chi connectivity index (χ1v) is 8.82. The van der Waals surface area contributed by atoms with Crippen LogP contribution in [0.4, 0.5) is 5.82 Å². The normalized spacial score (nSPS) is 13.0. The lowest BCUT2D eigenvalue weighted by molar-refractivity contribution is -0.119. The zero-order valence-corrected chi connectivity index (χ0v) is 15.1. The fraction of sp³-hybridized carbons (Fsp3) is 0.0952. The predicted molar refractivity (Wildman–Crippen MR) is 107 cm³/mol. The van der Waals surface area contributed by atoms with Gasteiger partial charge in [-0.05, 0) is 23.3 Å². The van der Waals surface area contributed by atoms with Crippen molar-refractivity contribution in [2.45, 2.75) is 13.0 Å². The van der Waals surface area contributed by atoms with Gasteiger partial charge in [-0.1, -0.05) is 49.0 Å². The molecule has 1 aliphatic heterocycles. The number of carbonyl (C=O) groups is 2. The molecule has 28 heavy (non-hydrogen) atoms. The van der Waals surface area contributed by atoms with Crippen molar-refractivity contribution in [3.63, 3.8) is 0 Å². The Morgan fingerprint density at radius 3 is 2.54 bits per heavy atom. The van der Waals surface area contributed by atoms with Gasteiger partial charge in [0.15, 0.2) is 0 Å². The molecule has 2 aromatic carbocycles. The Bertz CT molecular complexity index is 1070. The molecule has 2 heterocycles. The topological polar surface area (TPSA) is 102 Å². The maximum Gasteiger partial charge on any atom is 0.263 e. The average molecular weight is 373 g/mol. The van der Waals surface area contributed by atoms with Gasteiger partial charge in [0.05, 0.1) is 17.8 Å². The lowest BCUT2D eigenvalue weighted by Gasteiger charge is -2.14. The third-order valence-corrected chi connectivity index (χ3v) is 4.55. The molecular weight excluding hydrogens is 354 g/mol. The zero-order chi connectivity index (χ0) is 19.7. The number of hydrogen-bond acceptors (Lipinski definition) is 5. The van der Waals surface area contributed by atoms with Crippen molar-refractivity contribution in [1.29, 1.82) is 0 Å². The Hall–Kier alpha value is -3.87. The van der Waals surface area contributed by atoms with Crippen LogP contribution >= 0.6 is 0 Å². The lowest BCUT2D eigenvalue weighted by atomic mass is 10.1. The number of anilines is 1. The molecule has 140 valence electrons. The van der Waals surface area contributed by atoms with Crippen molar-refractivity contribution in [1.82, 2.24) is 15.1 Å². The number of amides is 2. The number of para-hydroxylation sites is 1. The Kier molecular flexibility index (Phi) is 4.41. The Labute approximate surface area is 161 Å². The Morgan fingerprint density at radius 1 is 1.14 bits per heavy atom. The monoisotopic (exact) mass is 373 g/mol. The second kappa shape index (κ2) is 7.03. The quantitative estimate of drug-likeness (QED) is 0.595. The number of nitrogens with zero attached hydrogens (tertiary/aromatic N) is 2. The molecule has 0 radical (unpaired) electrons. The van der Waals surface area contributed by atoms with Crippen LogP contribution in [0.1, 0.15) is 27.2 Å². The summed E-state index contributed by atoms with van der Waals surface area (Å²) in [5.41, 5.74) is 9.76. The summed E-state index contributed by atoms with van der Waals surface area (Å²) in [6.07, 6.45) is 0.0723. The molecule has 0 spiro atoms. The molecule has 0 bridgehead atoms. The highest BCUT2D eigenvalue weighted by atomic mass is 16.2. The molecule has 0 saturated carbocycles. The van der Waals surface area contributed by atoms with Crippen LogP contribution in [0.25, 0.3) is 11.4 Å². The lowest BCUT2D eigenvalue weighted by Crippen LogP contribution is -2.37. The van der Waals surface area contributed by atoms with Gasteiger partial charge in [-0.15, -0.1) is 0 Å². The van der Waals surface area contributed by atoms with Crippen molar-refractivity contribution in [3.05, 3.63) is 83.6 Å². The second-order valence-electron chi connectivity index (χ2n) is 6.55. The van der Waals surface area contributed by atoms with Crippen LogP contribution in [0.3, 0.4) is 0 Å². The van der Waals surface area contributed by atoms with E-state index in [1.165, 1.54) is 0 Å². The molecule has 1 aliphatic rings. The molecule has 1 aromatic heterocycles. The highest BCUT2D eigenvalue weighted by Crippen LogP contribution is 2.27. The number of fused-ring (bicyclic) bond motifs is 1. The minimum atomic E-state index is -0.439. The highest BCUT2D eigenvalue weighted by Gasteiger charge is 2.31. The van der Waals surface area contributed by atoms with E-state index in [0.717, 1.165) is 16.8 Å². The summed E-state index contributed by atoms with van der Waals surface area (Å²) in [7, 11) is 0. The van der Waals surface area contributed by atoms with E-state index in [-0.39, 0.29) is 12.3 Å². The molecular formula is C21H19N5O2. The van der Waals surface area contributed by atoms with Gasteiger partial charge in [0, 0.05) is 12.2 Å². The van der Waals surface area contributed by atoms with Gasteiger partial charge >= 0.3 is 0 Å². The molecule has 0 fully saturated rings. The first kappa shape index (κ1) is 17.5. The van der Waals surface area contributed by atoms with Crippen LogP contribution < -0.4 is 16.4 Å². The van der Waals surface area contributed by atoms with E-state index in [9.17, 15) is 9.59 Å². The maximum absolute atomic E-state index is 12.4. The summed E-state index contributed by atoms with van der Waals surface area (Å²) in [5, 5.41) is 10.2. The van der Waals surface area contributed by atoms with E-state index < -0.39 is 5.91 Å². The summed E-state index contributed by atoms with van der Waals surface area (Å²) in [4.78, 5) is 24.2. The third-order valence-electron chi connectivity index (χ3n) is 4.55. The molecule has 0 unspecified atom stereocenters. The van der Waals surface area contributed by atoms with Gasteiger partial charge in [0.2, 0.25) is 5.91 Å². The molecule has 0 aliphatic carbocycles. The van der Waals surface area contributed by atoms with Crippen LogP contribution in [0, 0.1) is 0 Å². The molecule has 4 rings (SSSR count). The molecule has 4 N–H and O–H groups in total. The standard InChI is InChI=1S/C21H19N5O2/c1-13(22)15-9-7-14(8-10-15)12-23-20-19-17(11-18(27)24-21(19)28)25-26(20)16-5-3-2-4-6-16/h2-10,23H,1,11-12,22H2,(H,24,27,28). The van der Waals surface area contributed by atoms with Crippen molar-refractivity contribution in [2.24, 2.45) is 5.73 Å². The van der Waals surface area contributed by atoms with Crippen molar-refractivity contribution in [3.8, 4) is 5.69 Å². The minimum Gasteiger partial charge on any atom is -0.399 e. The van der Waals surface area contributed by atoms with Gasteiger partial charge in [0.1, 0.15) is 11.4 Å². The molecule has 7 heteroatoms. The molecule has 0 atom stereocenters. The van der Waals surface area contributed by atoms with Gasteiger partial charge in [-0.25, -0.2) is 4.68 Å². The highest BCUT2D eigenvalue weighted by molar-refractivity contribution is 6.12. The van der Waals surface area contributed by atoms with Gasteiger partial charge in [0.25, 0.3) is 5.91 Å². The van der Waals surface area contributed by atoms with Crippen LogP contribution in [0.15, 0.2) is 61.2 Å². The second-order valence-corrected chi connectivity index (χ2v) is 6.55. The largest absolute Gasteiger partial charge is 0.399 e. The Morgan fingerprint density at radius 2 is 1.86 bits per heavy atom. The van der Waals surface area contributed by atoms with Crippen molar-refractivity contribution >= 4 is 23.3 Å². The first-order chi connectivity index (χ1) is 13.5. The van der Waals surface area contributed by atoms with E-state index in [1.54, 1.807) is 4.68 Å². The van der Waals surface area contributed by atoms with E-state index in [2.05, 4.69) is 22.3 Å². The van der Waals surface area contributed by atoms with Gasteiger partial charge in [-0.2, -0.15) is 5.10 Å². The molecule has 7 nitrogen and oxygen atoms in total. The maximum atomic E-state index is 12.4. The fourth-order valence-electron chi connectivity index (χ4n) is 3.15. The van der Waals surface area contributed by atoms with Gasteiger partial charge < -0.3 is 11.1 Å².